The van der Waals surface area contributed by atoms with Crippen molar-refractivity contribution in [1.29, 1.82) is 0 Å². The zero-order valence-electron chi connectivity index (χ0n) is 14.1. The Morgan fingerprint density at radius 1 is 1.28 bits per heavy atom. The Morgan fingerprint density at radius 3 is 2.56 bits per heavy atom. The number of carbonyl (C=O) groups is 1. The number of piperidine rings is 1. The quantitative estimate of drug-likeness (QED) is 0.883. The number of benzene rings is 1. The van der Waals surface area contributed by atoms with E-state index >= 15 is 0 Å². The first-order valence-electron chi connectivity index (χ1n) is 8.45. The van der Waals surface area contributed by atoms with Gasteiger partial charge >= 0.3 is 5.97 Å². The third kappa shape index (κ3) is 2.44. The number of carboxylic acids is 1. The highest BCUT2D eigenvalue weighted by Gasteiger charge is 2.33. The predicted octanol–water partition coefficient (Wildman–Crippen LogP) is 3.70. The number of aromatic carboxylic acids is 1. The fourth-order valence-corrected chi connectivity index (χ4v) is 4.87. The van der Waals surface area contributed by atoms with Crippen LogP contribution in [0.3, 0.4) is 0 Å². The molecule has 5 nitrogen and oxygen atoms in total. The van der Waals surface area contributed by atoms with Gasteiger partial charge in [0.15, 0.2) is 0 Å². The van der Waals surface area contributed by atoms with Crippen molar-refractivity contribution in [3.8, 4) is 0 Å². The lowest BCUT2D eigenvalue weighted by Crippen LogP contribution is -2.34. The molecule has 1 saturated heterocycles. The SMILES string of the molecule is CC1CCN(c2cc3c(cc2F)c(=O)c(C(=O)O)c2n3C(C)S2)CC1. The van der Waals surface area contributed by atoms with Crippen molar-refractivity contribution >= 4 is 34.3 Å². The van der Waals surface area contributed by atoms with Gasteiger partial charge in [-0.2, -0.15) is 0 Å². The average Bonchev–Trinajstić information content (AvgIpc) is 2.55. The number of fused-ring (bicyclic) bond motifs is 3. The lowest BCUT2D eigenvalue weighted by atomic mass is 9.98. The molecule has 1 aromatic carbocycles. The minimum atomic E-state index is -1.26. The van der Waals surface area contributed by atoms with Gasteiger partial charge in [0.1, 0.15) is 11.4 Å². The number of carboxylic acid groups (broad SMARTS) is 1. The minimum Gasteiger partial charge on any atom is -0.477 e. The monoisotopic (exact) mass is 362 g/mol. The van der Waals surface area contributed by atoms with Crippen LogP contribution in [0.25, 0.3) is 10.9 Å². The molecular formula is C18H19FN2O3S. The van der Waals surface area contributed by atoms with Crippen LogP contribution < -0.4 is 10.3 Å². The molecule has 2 aromatic rings. The van der Waals surface area contributed by atoms with Crippen LogP contribution in [0.5, 0.6) is 0 Å². The van der Waals surface area contributed by atoms with Crippen LogP contribution in [0.2, 0.25) is 0 Å². The predicted molar refractivity (Wildman–Crippen MR) is 96.3 cm³/mol. The molecule has 1 aromatic heterocycles. The first kappa shape index (κ1) is 16.4. The number of hydrogen-bond donors (Lipinski definition) is 1. The van der Waals surface area contributed by atoms with Crippen molar-refractivity contribution in [2.75, 3.05) is 18.0 Å². The third-order valence-corrected chi connectivity index (χ3v) is 6.39. The number of rotatable bonds is 2. The lowest BCUT2D eigenvalue weighted by molar-refractivity contribution is 0.0689. The van der Waals surface area contributed by atoms with Crippen molar-refractivity contribution in [1.82, 2.24) is 4.57 Å². The molecular weight excluding hydrogens is 343 g/mol. The molecule has 2 aliphatic rings. The summed E-state index contributed by atoms with van der Waals surface area (Å²) in [5.74, 6) is -1.08. The van der Waals surface area contributed by atoms with Gasteiger partial charge in [0, 0.05) is 18.5 Å². The Morgan fingerprint density at radius 2 is 1.96 bits per heavy atom. The second-order valence-electron chi connectivity index (χ2n) is 6.89. The van der Waals surface area contributed by atoms with Gasteiger partial charge in [-0.15, -0.1) is 0 Å². The summed E-state index contributed by atoms with van der Waals surface area (Å²) in [4.78, 5) is 26.1. The number of hydrogen-bond acceptors (Lipinski definition) is 4. The largest absolute Gasteiger partial charge is 0.477 e. The normalized spacial score (nSPS) is 20.4. The second kappa shape index (κ2) is 5.76. The first-order chi connectivity index (χ1) is 11.9. The first-order valence-corrected chi connectivity index (χ1v) is 9.33. The van der Waals surface area contributed by atoms with Crippen molar-refractivity contribution < 1.29 is 14.3 Å². The molecule has 0 saturated carbocycles. The van der Waals surface area contributed by atoms with E-state index in [9.17, 15) is 19.1 Å². The van der Waals surface area contributed by atoms with Crippen LogP contribution in [0, 0.1) is 11.7 Å². The highest BCUT2D eigenvalue weighted by atomic mass is 32.2. The summed E-state index contributed by atoms with van der Waals surface area (Å²) in [6, 6.07) is 2.92. The van der Waals surface area contributed by atoms with Gasteiger partial charge in [0.05, 0.1) is 21.6 Å². The summed E-state index contributed by atoms with van der Waals surface area (Å²) >= 11 is 1.36. The maximum Gasteiger partial charge on any atom is 0.342 e. The van der Waals surface area contributed by atoms with Crippen molar-refractivity contribution in [3.05, 3.63) is 33.7 Å². The molecule has 4 rings (SSSR count). The third-order valence-electron chi connectivity index (χ3n) is 5.21. The Labute approximate surface area is 148 Å². The molecule has 0 aliphatic carbocycles. The highest BCUT2D eigenvalue weighted by Crippen LogP contribution is 2.46. The molecule has 0 amide bonds. The van der Waals surface area contributed by atoms with E-state index in [4.69, 9.17) is 0 Å². The number of aromatic nitrogens is 1. The smallest absolute Gasteiger partial charge is 0.342 e. The molecule has 2 aliphatic heterocycles. The summed E-state index contributed by atoms with van der Waals surface area (Å²) < 4.78 is 16.6. The molecule has 0 radical (unpaired) electrons. The summed E-state index contributed by atoms with van der Waals surface area (Å²) in [5, 5.41) is 10.00. The molecule has 3 heterocycles. The molecule has 132 valence electrons. The van der Waals surface area contributed by atoms with E-state index in [1.807, 2.05) is 16.4 Å². The summed E-state index contributed by atoms with van der Waals surface area (Å²) in [5.41, 5.74) is 0.257. The molecule has 0 spiro atoms. The van der Waals surface area contributed by atoms with Gasteiger partial charge in [-0.1, -0.05) is 18.7 Å². The maximum absolute atomic E-state index is 14.7. The number of pyridine rings is 1. The van der Waals surface area contributed by atoms with Gasteiger partial charge < -0.3 is 14.6 Å². The summed E-state index contributed by atoms with van der Waals surface area (Å²) in [6.45, 7) is 5.72. The number of anilines is 1. The van der Waals surface area contributed by atoms with E-state index < -0.39 is 17.2 Å². The van der Waals surface area contributed by atoms with Crippen LogP contribution in [-0.4, -0.2) is 28.7 Å². The van der Waals surface area contributed by atoms with Crippen LogP contribution in [0.15, 0.2) is 22.0 Å². The van der Waals surface area contributed by atoms with Gasteiger partial charge in [-0.3, -0.25) is 4.79 Å². The van der Waals surface area contributed by atoms with E-state index in [2.05, 4.69) is 6.92 Å². The van der Waals surface area contributed by atoms with Crippen LogP contribution >= 0.6 is 11.8 Å². The van der Waals surface area contributed by atoms with E-state index in [1.54, 1.807) is 6.07 Å². The summed E-state index contributed by atoms with van der Waals surface area (Å²) in [6.07, 6.45) is 2.03. The van der Waals surface area contributed by atoms with Gasteiger partial charge in [-0.05, 0) is 37.8 Å². The van der Waals surface area contributed by atoms with Gasteiger partial charge in [0.2, 0.25) is 5.43 Å². The molecule has 1 N–H and O–H groups in total. The number of thioether (sulfide) groups is 1. The van der Waals surface area contributed by atoms with Gasteiger partial charge in [0.25, 0.3) is 0 Å². The number of nitrogens with zero attached hydrogens (tertiary/aromatic N) is 2. The number of halogens is 1. The Balaban J connectivity index is 1.93. The Kier molecular flexibility index (Phi) is 3.79. The molecule has 7 heteroatoms. The fraction of sp³-hybridized carbons (Fsp3) is 0.444. The van der Waals surface area contributed by atoms with Gasteiger partial charge in [-0.25, -0.2) is 9.18 Å². The van der Waals surface area contributed by atoms with E-state index in [0.717, 1.165) is 25.9 Å². The van der Waals surface area contributed by atoms with Crippen LogP contribution in [0.4, 0.5) is 10.1 Å². The fourth-order valence-electron chi connectivity index (χ4n) is 3.72. The Bertz CT molecular complexity index is 948. The van der Waals surface area contributed by atoms with E-state index in [-0.39, 0.29) is 16.3 Å². The summed E-state index contributed by atoms with van der Waals surface area (Å²) in [7, 11) is 0. The lowest BCUT2D eigenvalue weighted by Gasteiger charge is -2.35. The molecule has 1 unspecified atom stereocenters. The second-order valence-corrected chi connectivity index (χ2v) is 8.20. The van der Waals surface area contributed by atoms with Crippen LogP contribution in [0.1, 0.15) is 42.4 Å². The topological polar surface area (TPSA) is 62.5 Å². The Hall–Kier alpha value is -2.02. The average molecular weight is 362 g/mol. The molecule has 1 fully saturated rings. The van der Waals surface area contributed by atoms with E-state index in [1.165, 1.54) is 17.8 Å². The minimum absolute atomic E-state index is 0.0240. The molecule has 25 heavy (non-hydrogen) atoms. The van der Waals surface area contributed by atoms with Crippen molar-refractivity contribution in [3.63, 3.8) is 0 Å². The molecule has 1 atom stereocenters. The van der Waals surface area contributed by atoms with Crippen LogP contribution in [-0.2, 0) is 0 Å². The van der Waals surface area contributed by atoms with E-state index in [0.29, 0.717) is 22.1 Å². The molecule has 0 bridgehead atoms. The maximum atomic E-state index is 14.7. The zero-order valence-corrected chi connectivity index (χ0v) is 14.9. The zero-order chi connectivity index (χ0) is 17.9. The van der Waals surface area contributed by atoms with Crippen molar-refractivity contribution in [2.24, 2.45) is 5.92 Å². The highest BCUT2D eigenvalue weighted by molar-refractivity contribution is 8.00. The standard InChI is InChI=1S/C18H19FN2O3S/c1-9-3-5-20(6-4-9)14-8-13-11(7-12(14)19)16(22)15(18(23)24)17-21(13)10(2)25-17/h7-10H,3-6H2,1-2H3,(H,23,24). The van der Waals surface area contributed by atoms with Crippen molar-refractivity contribution in [2.45, 2.75) is 37.1 Å².